The maximum Gasteiger partial charge on any atom is 0.270 e. The zero-order valence-electron chi connectivity index (χ0n) is 11.9. The maximum atomic E-state index is 13.0. The van der Waals surface area contributed by atoms with Crippen molar-refractivity contribution in [3.05, 3.63) is 35.6 Å². The summed E-state index contributed by atoms with van der Waals surface area (Å²) in [6.45, 7) is 3.07. The summed E-state index contributed by atoms with van der Waals surface area (Å²) < 4.78 is 25.6. The minimum Gasteiger partial charge on any atom is -0.394 e. The predicted octanol–water partition coefficient (Wildman–Crippen LogP) is 1.94. The third kappa shape index (κ3) is 2.10. The number of aromatic nitrogens is 3. The second kappa shape index (κ2) is 5.06. The van der Waals surface area contributed by atoms with Gasteiger partial charge in [-0.15, -0.1) is 9.19 Å². The number of hydrogen-bond acceptors (Lipinski definition) is 6. The van der Waals surface area contributed by atoms with Crippen LogP contribution < -0.4 is 0 Å². The molecule has 2 heterocycles. The van der Waals surface area contributed by atoms with E-state index in [4.69, 9.17) is 16.4 Å². The molecule has 0 amide bonds. The Balaban J connectivity index is 2.20. The van der Waals surface area contributed by atoms with E-state index in [0.29, 0.717) is 11.3 Å². The van der Waals surface area contributed by atoms with Gasteiger partial charge in [-0.2, -0.15) is 4.98 Å². The summed E-state index contributed by atoms with van der Waals surface area (Å²) in [6.07, 6.45) is 0. The minimum absolute atomic E-state index is 0.0765. The molecule has 2 aromatic rings. The Hall–Kier alpha value is -1.93. The number of rotatable bonds is 3. The molecule has 7 nitrogen and oxygen atoms in total. The molecule has 0 aliphatic carbocycles. The van der Waals surface area contributed by atoms with Crippen LogP contribution in [0.4, 0.5) is 0 Å². The quantitative estimate of drug-likeness (QED) is 0.852. The molecule has 1 aromatic carbocycles. The average Bonchev–Trinajstić information content (AvgIpc) is 3.05. The lowest BCUT2D eigenvalue weighted by atomic mass is 10.1. The Bertz CT molecular complexity index is 847. The highest BCUT2D eigenvalue weighted by atomic mass is 35.5. The first kappa shape index (κ1) is 15.0. The molecule has 0 radical (unpaired) electrons. The van der Waals surface area contributed by atoms with E-state index in [1.165, 1.54) is 0 Å². The number of nitrogens with zero attached hydrogens (tertiary/aromatic N) is 4. The van der Waals surface area contributed by atoms with E-state index in [1.54, 1.807) is 38.1 Å². The lowest BCUT2D eigenvalue weighted by Gasteiger charge is -2.22. The zero-order chi connectivity index (χ0) is 16.0. The number of benzene rings is 1. The molecule has 22 heavy (non-hydrogen) atoms. The van der Waals surface area contributed by atoms with Crippen molar-refractivity contribution < 1.29 is 13.3 Å². The van der Waals surface area contributed by atoms with Gasteiger partial charge in [0.25, 0.3) is 10.0 Å². The standard InChI is InChI=1S/C13H13ClN4O3S/c1-9-13(2,8-21-17-9)22(19,20)18-11(15-12(14)16-18)10-6-4-3-5-7-10/h3-7H,8H2,1-2H3. The summed E-state index contributed by atoms with van der Waals surface area (Å²) in [4.78, 5) is 8.98. The monoisotopic (exact) mass is 340 g/mol. The Morgan fingerprint density at radius 1 is 1.32 bits per heavy atom. The minimum atomic E-state index is -3.94. The molecular formula is C13H13ClN4O3S. The van der Waals surface area contributed by atoms with Gasteiger partial charge in [0.1, 0.15) is 6.61 Å². The first-order chi connectivity index (χ1) is 10.4. The molecule has 0 fully saturated rings. The average molecular weight is 341 g/mol. The van der Waals surface area contributed by atoms with E-state index < -0.39 is 14.8 Å². The molecule has 0 N–H and O–H groups in total. The Kier molecular flexibility index (Phi) is 3.45. The largest absolute Gasteiger partial charge is 0.394 e. The Morgan fingerprint density at radius 3 is 2.59 bits per heavy atom. The predicted molar refractivity (Wildman–Crippen MR) is 82.3 cm³/mol. The summed E-state index contributed by atoms with van der Waals surface area (Å²) in [6, 6.07) is 8.86. The van der Waals surface area contributed by atoms with E-state index in [0.717, 1.165) is 4.09 Å². The molecular weight excluding hydrogens is 328 g/mol. The van der Waals surface area contributed by atoms with Crippen molar-refractivity contribution in [1.29, 1.82) is 0 Å². The fraction of sp³-hybridized carbons (Fsp3) is 0.308. The summed E-state index contributed by atoms with van der Waals surface area (Å²) in [5, 5.41) is 7.45. The van der Waals surface area contributed by atoms with Crippen LogP contribution in [0.1, 0.15) is 13.8 Å². The smallest absolute Gasteiger partial charge is 0.270 e. The van der Waals surface area contributed by atoms with Gasteiger partial charge in [-0.25, -0.2) is 8.42 Å². The summed E-state index contributed by atoms with van der Waals surface area (Å²) in [5.74, 6) is 0.159. The van der Waals surface area contributed by atoms with E-state index in [-0.39, 0.29) is 17.7 Å². The zero-order valence-corrected chi connectivity index (χ0v) is 13.5. The van der Waals surface area contributed by atoms with E-state index in [1.807, 2.05) is 6.07 Å². The SMILES string of the molecule is CC1=NOCC1(C)S(=O)(=O)n1nc(Cl)nc1-c1ccccc1. The van der Waals surface area contributed by atoms with Crippen molar-refractivity contribution in [3.8, 4) is 11.4 Å². The van der Waals surface area contributed by atoms with Gasteiger partial charge in [-0.1, -0.05) is 35.5 Å². The third-order valence-electron chi connectivity index (χ3n) is 3.69. The van der Waals surface area contributed by atoms with Crippen LogP contribution in [0.3, 0.4) is 0 Å². The summed E-state index contributed by atoms with van der Waals surface area (Å²) >= 11 is 5.84. The van der Waals surface area contributed by atoms with Crippen LogP contribution in [0, 0.1) is 0 Å². The molecule has 1 aliphatic rings. The van der Waals surface area contributed by atoms with E-state index >= 15 is 0 Å². The Labute approximate surface area is 132 Å². The highest BCUT2D eigenvalue weighted by Gasteiger charge is 2.49. The van der Waals surface area contributed by atoms with Crippen LogP contribution in [0.5, 0.6) is 0 Å². The normalized spacial score (nSPS) is 21.5. The van der Waals surface area contributed by atoms with Crippen molar-refractivity contribution in [3.63, 3.8) is 0 Å². The second-order valence-electron chi connectivity index (χ2n) is 5.10. The summed E-state index contributed by atoms with van der Waals surface area (Å²) in [7, 11) is -3.94. The molecule has 116 valence electrons. The van der Waals surface area contributed by atoms with Gasteiger partial charge in [0, 0.05) is 5.56 Å². The van der Waals surface area contributed by atoms with E-state index in [2.05, 4.69) is 15.2 Å². The lowest BCUT2D eigenvalue weighted by molar-refractivity contribution is 0.162. The fourth-order valence-corrected chi connectivity index (χ4v) is 3.86. The van der Waals surface area contributed by atoms with Gasteiger partial charge in [0.05, 0.1) is 5.71 Å². The van der Waals surface area contributed by atoms with Crippen molar-refractivity contribution in [1.82, 2.24) is 14.2 Å². The molecule has 0 saturated heterocycles. The van der Waals surface area contributed by atoms with Crippen molar-refractivity contribution in [2.75, 3.05) is 6.61 Å². The molecule has 1 aliphatic heterocycles. The molecule has 0 bridgehead atoms. The van der Waals surface area contributed by atoms with Gasteiger partial charge >= 0.3 is 0 Å². The molecule has 0 spiro atoms. The molecule has 3 rings (SSSR count). The molecule has 1 aromatic heterocycles. The topological polar surface area (TPSA) is 86.4 Å². The first-order valence-corrected chi connectivity index (χ1v) is 8.28. The number of halogens is 1. The van der Waals surface area contributed by atoms with E-state index in [9.17, 15) is 8.42 Å². The maximum absolute atomic E-state index is 13.0. The van der Waals surface area contributed by atoms with Crippen LogP contribution in [-0.4, -0.2) is 39.7 Å². The Morgan fingerprint density at radius 2 is 2.00 bits per heavy atom. The highest BCUT2D eigenvalue weighted by molar-refractivity contribution is 7.92. The van der Waals surface area contributed by atoms with Gasteiger partial charge in [-0.05, 0) is 25.4 Å². The second-order valence-corrected chi connectivity index (χ2v) is 7.63. The summed E-state index contributed by atoms with van der Waals surface area (Å²) in [5.41, 5.74) is 0.959. The van der Waals surface area contributed by atoms with Crippen LogP contribution in [-0.2, 0) is 14.9 Å². The van der Waals surface area contributed by atoms with Crippen molar-refractivity contribution in [2.24, 2.45) is 5.16 Å². The van der Waals surface area contributed by atoms with Crippen LogP contribution in [0.2, 0.25) is 5.28 Å². The molecule has 1 unspecified atom stereocenters. The van der Waals surface area contributed by atoms with Crippen molar-refractivity contribution >= 4 is 27.3 Å². The lowest BCUT2D eigenvalue weighted by Crippen LogP contribution is -2.46. The highest BCUT2D eigenvalue weighted by Crippen LogP contribution is 2.30. The third-order valence-corrected chi connectivity index (χ3v) is 6.11. The first-order valence-electron chi connectivity index (χ1n) is 6.46. The fourth-order valence-electron chi connectivity index (χ4n) is 2.11. The van der Waals surface area contributed by atoms with Crippen molar-refractivity contribution in [2.45, 2.75) is 18.6 Å². The molecule has 1 atom stereocenters. The molecule has 9 heteroatoms. The van der Waals surface area contributed by atoms with Crippen LogP contribution in [0.25, 0.3) is 11.4 Å². The van der Waals surface area contributed by atoms with Crippen LogP contribution >= 0.6 is 11.6 Å². The number of oxime groups is 1. The van der Waals surface area contributed by atoms with Crippen LogP contribution in [0.15, 0.2) is 35.5 Å². The van der Waals surface area contributed by atoms with Gasteiger partial charge in [-0.3, -0.25) is 0 Å². The number of hydrogen-bond donors (Lipinski definition) is 0. The van der Waals surface area contributed by atoms with Gasteiger partial charge < -0.3 is 4.84 Å². The van der Waals surface area contributed by atoms with Gasteiger partial charge in [0.2, 0.25) is 5.28 Å². The van der Waals surface area contributed by atoms with Gasteiger partial charge in [0.15, 0.2) is 10.6 Å². The molecule has 0 saturated carbocycles.